The van der Waals surface area contributed by atoms with Crippen LogP contribution in [0.5, 0.6) is 0 Å². The predicted molar refractivity (Wildman–Crippen MR) is 77.4 cm³/mol. The van der Waals surface area contributed by atoms with Crippen LogP contribution in [0.1, 0.15) is 13.3 Å². The first kappa shape index (κ1) is 12.4. The summed E-state index contributed by atoms with van der Waals surface area (Å²) in [5.74, 6) is 0.754. The van der Waals surface area contributed by atoms with E-state index in [4.69, 9.17) is 9.68 Å². The van der Waals surface area contributed by atoms with Crippen molar-refractivity contribution in [2.24, 2.45) is 0 Å². The van der Waals surface area contributed by atoms with Crippen LogP contribution in [-0.4, -0.2) is 23.1 Å². The van der Waals surface area contributed by atoms with Gasteiger partial charge in [-0.05, 0) is 19.1 Å². The van der Waals surface area contributed by atoms with Gasteiger partial charge in [-0.25, -0.2) is 9.97 Å². The first-order valence-electron chi connectivity index (χ1n) is 6.59. The van der Waals surface area contributed by atoms with Gasteiger partial charge in [0.05, 0.1) is 12.5 Å². The molecule has 0 aliphatic carbocycles. The van der Waals surface area contributed by atoms with Gasteiger partial charge in [0.25, 0.3) is 0 Å². The molecule has 0 N–H and O–H groups in total. The number of fused-ring (bicyclic) bond motifs is 3. The molecule has 20 heavy (non-hydrogen) atoms. The van der Waals surface area contributed by atoms with E-state index in [0.29, 0.717) is 18.5 Å². The van der Waals surface area contributed by atoms with Crippen molar-refractivity contribution in [3.8, 4) is 6.07 Å². The van der Waals surface area contributed by atoms with E-state index in [1.54, 1.807) is 6.33 Å². The molecule has 1 aromatic carbocycles. The van der Waals surface area contributed by atoms with Crippen molar-refractivity contribution in [2.75, 3.05) is 18.0 Å². The van der Waals surface area contributed by atoms with Crippen molar-refractivity contribution < 1.29 is 4.42 Å². The fourth-order valence-electron chi connectivity index (χ4n) is 2.34. The van der Waals surface area contributed by atoms with Crippen molar-refractivity contribution in [1.29, 1.82) is 5.26 Å². The smallest absolute Gasteiger partial charge is 0.196 e. The average molecular weight is 266 g/mol. The number of aromatic nitrogens is 2. The third kappa shape index (κ3) is 1.95. The maximum atomic E-state index is 8.75. The molecule has 5 nitrogen and oxygen atoms in total. The summed E-state index contributed by atoms with van der Waals surface area (Å²) in [5.41, 5.74) is 2.31. The topological polar surface area (TPSA) is 66.0 Å². The summed E-state index contributed by atoms with van der Waals surface area (Å²) in [6.45, 7) is 3.44. The Morgan fingerprint density at radius 3 is 2.95 bits per heavy atom. The highest BCUT2D eigenvalue weighted by atomic mass is 16.3. The highest BCUT2D eigenvalue weighted by Gasteiger charge is 2.16. The van der Waals surface area contributed by atoms with Gasteiger partial charge in [-0.1, -0.05) is 12.1 Å². The van der Waals surface area contributed by atoms with Crippen molar-refractivity contribution in [2.45, 2.75) is 13.3 Å². The number of rotatable bonds is 4. The lowest BCUT2D eigenvalue weighted by Gasteiger charge is -2.19. The van der Waals surface area contributed by atoms with E-state index in [1.807, 2.05) is 36.1 Å². The zero-order valence-electron chi connectivity index (χ0n) is 11.2. The predicted octanol–water partition coefficient (Wildman–Crippen LogP) is 3.12. The minimum atomic E-state index is 0.458. The van der Waals surface area contributed by atoms with Crippen molar-refractivity contribution in [1.82, 2.24) is 9.97 Å². The monoisotopic (exact) mass is 266 g/mol. The van der Waals surface area contributed by atoms with Gasteiger partial charge in [0.2, 0.25) is 0 Å². The number of hydrogen-bond donors (Lipinski definition) is 0. The van der Waals surface area contributed by atoms with E-state index in [-0.39, 0.29) is 0 Å². The van der Waals surface area contributed by atoms with Crippen LogP contribution < -0.4 is 4.90 Å². The van der Waals surface area contributed by atoms with E-state index < -0.39 is 0 Å². The van der Waals surface area contributed by atoms with Crippen LogP contribution >= 0.6 is 0 Å². The molecule has 2 aromatic heterocycles. The molecule has 3 rings (SSSR count). The Hall–Kier alpha value is -2.61. The molecule has 3 aromatic rings. The molecule has 0 saturated carbocycles. The van der Waals surface area contributed by atoms with Crippen LogP contribution in [0, 0.1) is 11.3 Å². The number of benzene rings is 1. The third-order valence-corrected chi connectivity index (χ3v) is 3.31. The van der Waals surface area contributed by atoms with Crippen molar-refractivity contribution in [3.05, 3.63) is 30.6 Å². The van der Waals surface area contributed by atoms with Crippen LogP contribution in [0.25, 0.3) is 22.1 Å². The van der Waals surface area contributed by atoms with E-state index in [0.717, 1.165) is 28.8 Å². The minimum absolute atomic E-state index is 0.458. The van der Waals surface area contributed by atoms with Crippen LogP contribution in [0.2, 0.25) is 0 Å². The van der Waals surface area contributed by atoms with Crippen LogP contribution in [0.15, 0.2) is 35.0 Å². The Morgan fingerprint density at radius 2 is 2.15 bits per heavy atom. The van der Waals surface area contributed by atoms with Gasteiger partial charge < -0.3 is 9.32 Å². The lowest BCUT2D eigenvalue weighted by Crippen LogP contribution is -2.24. The first-order chi connectivity index (χ1) is 9.85. The molecule has 0 atom stereocenters. The number of nitriles is 1. The fourth-order valence-corrected chi connectivity index (χ4v) is 2.34. The first-order valence-corrected chi connectivity index (χ1v) is 6.59. The van der Waals surface area contributed by atoms with E-state index >= 15 is 0 Å². The maximum Gasteiger partial charge on any atom is 0.196 e. The number of para-hydroxylation sites is 1. The second kappa shape index (κ2) is 5.17. The molecule has 2 heterocycles. The van der Waals surface area contributed by atoms with Gasteiger partial charge in [-0.3, -0.25) is 0 Å². The van der Waals surface area contributed by atoms with Gasteiger partial charge in [0.1, 0.15) is 17.4 Å². The molecule has 0 saturated heterocycles. The quantitative estimate of drug-likeness (QED) is 0.725. The molecule has 0 amide bonds. The van der Waals surface area contributed by atoms with Gasteiger partial charge in [0, 0.05) is 18.5 Å². The molecule has 0 fully saturated rings. The number of furan rings is 1. The summed E-state index contributed by atoms with van der Waals surface area (Å²) < 4.78 is 5.90. The standard InChI is InChI=1S/C15H14N4O/c1-2-19(9-5-8-16)15-14-13(17-10-18-15)11-6-3-4-7-12(11)20-14/h3-4,6-7,10H,2,5,9H2,1H3. The van der Waals surface area contributed by atoms with Gasteiger partial charge in [0.15, 0.2) is 11.4 Å². The molecule has 100 valence electrons. The zero-order valence-corrected chi connectivity index (χ0v) is 11.2. The average Bonchev–Trinajstić information content (AvgIpc) is 2.87. The Kier molecular flexibility index (Phi) is 3.21. The largest absolute Gasteiger partial charge is 0.450 e. The molecule has 5 heteroatoms. The van der Waals surface area contributed by atoms with Gasteiger partial charge in [-0.2, -0.15) is 5.26 Å². The molecular formula is C15H14N4O. The summed E-state index contributed by atoms with van der Waals surface area (Å²) in [6, 6.07) is 9.97. The lowest BCUT2D eigenvalue weighted by atomic mass is 10.2. The second-order valence-electron chi connectivity index (χ2n) is 4.46. The molecule has 0 spiro atoms. The highest BCUT2D eigenvalue weighted by Crippen LogP contribution is 2.31. The van der Waals surface area contributed by atoms with E-state index in [2.05, 4.69) is 16.0 Å². The molecule has 0 aliphatic heterocycles. The Labute approximate surface area is 116 Å². The summed E-state index contributed by atoms with van der Waals surface area (Å²) >= 11 is 0. The Balaban J connectivity index is 2.18. The van der Waals surface area contributed by atoms with Crippen LogP contribution in [0.4, 0.5) is 5.82 Å². The SMILES string of the molecule is CCN(CCC#N)c1ncnc2c1oc1ccccc12. The Bertz CT molecular complexity index is 787. The van der Waals surface area contributed by atoms with E-state index in [9.17, 15) is 0 Å². The maximum absolute atomic E-state index is 8.75. The van der Waals surface area contributed by atoms with Gasteiger partial charge >= 0.3 is 0 Å². The minimum Gasteiger partial charge on any atom is -0.450 e. The number of hydrogen-bond acceptors (Lipinski definition) is 5. The molecule has 0 aliphatic rings. The molecular weight excluding hydrogens is 252 g/mol. The van der Waals surface area contributed by atoms with Crippen molar-refractivity contribution >= 4 is 27.9 Å². The van der Waals surface area contributed by atoms with Crippen LogP contribution in [0.3, 0.4) is 0 Å². The molecule has 0 radical (unpaired) electrons. The van der Waals surface area contributed by atoms with E-state index in [1.165, 1.54) is 0 Å². The van der Waals surface area contributed by atoms with Gasteiger partial charge in [-0.15, -0.1) is 0 Å². The summed E-state index contributed by atoms with van der Waals surface area (Å²) in [7, 11) is 0. The van der Waals surface area contributed by atoms with Crippen LogP contribution in [-0.2, 0) is 0 Å². The number of anilines is 1. The second-order valence-corrected chi connectivity index (χ2v) is 4.46. The summed E-state index contributed by atoms with van der Waals surface area (Å²) in [6.07, 6.45) is 2.01. The normalized spacial score (nSPS) is 10.8. The molecule has 0 unspecified atom stereocenters. The van der Waals surface area contributed by atoms with Crippen molar-refractivity contribution in [3.63, 3.8) is 0 Å². The summed E-state index contributed by atoms with van der Waals surface area (Å²) in [5, 5.41) is 9.74. The Morgan fingerprint density at radius 1 is 1.30 bits per heavy atom. The number of nitrogens with zero attached hydrogens (tertiary/aromatic N) is 4. The fraction of sp³-hybridized carbons (Fsp3) is 0.267. The molecule has 0 bridgehead atoms. The summed E-state index contributed by atoms with van der Waals surface area (Å²) in [4.78, 5) is 10.7. The lowest BCUT2D eigenvalue weighted by molar-refractivity contribution is 0.660. The third-order valence-electron chi connectivity index (χ3n) is 3.31. The zero-order chi connectivity index (χ0) is 13.9. The highest BCUT2D eigenvalue weighted by molar-refractivity contribution is 6.05.